The van der Waals surface area contributed by atoms with Crippen LogP contribution in [-0.2, 0) is 9.59 Å². The van der Waals surface area contributed by atoms with E-state index in [4.69, 9.17) is 0 Å². The van der Waals surface area contributed by atoms with Crippen molar-refractivity contribution >= 4 is 29.3 Å². The minimum atomic E-state index is -4.46. The first-order valence-corrected chi connectivity index (χ1v) is 5.53. The Morgan fingerprint density at radius 3 is 2.33 bits per heavy atom. The monoisotopic (exact) mass is 278 g/mol. The standard InChI is InChI=1S/C10H9F3N2O2S/c1-14-8(16)9(17)15-6-4-2-3-5-7(6)18-10(11,12)13/h2-5H,1H3,(H,14,16)(H,15,17). The van der Waals surface area contributed by atoms with Crippen LogP contribution in [0.5, 0.6) is 0 Å². The summed E-state index contributed by atoms with van der Waals surface area (Å²) in [6, 6.07) is 5.36. The molecule has 0 heterocycles. The van der Waals surface area contributed by atoms with Crippen LogP contribution < -0.4 is 10.6 Å². The van der Waals surface area contributed by atoms with Gasteiger partial charge in [0.05, 0.1) is 5.69 Å². The van der Waals surface area contributed by atoms with Crippen LogP contribution in [0.2, 0.25) is 0 Å². The topological polar surface area (TPSA) is 58.2 Å². The second kappa shape index (κ2) is 5.76. The smallest absolute Gasteiger partial charge is 0.351 e. The number of carbonyl (C=O) groups is 2. The van der Waals surface area contributed by atoms with Gasteiger partial charge in [-0.25, -0.2) is 0 Å². The number of hydrogen-bond donors (Lipinski definition) is 2. The van der Waals surface area contributed by atoms with E-state index >= 15 is 0 Å². The summed E-state index contributed by atoms with van der Waals surface area (Å²) in [5.74, 6) is -1.95. The maximum absolute atomic E-state index is 12.3. The molecule has 0 spiro atoms. The zero-order valence-electron chi connectivity index (χ0n) is 9.17. The number of benzene rings is 1. The first-order valence-electron chi connectivity index (χ1n) is 4.71. The van der Waals surface area contributed by atoms with E-state index in [1.807, 2.05) is 0 Å². The van der Waals surface area contributed by atoms with Gasteiger partial charge in [-0.1, -0.05) is 12.1 Å². The Bertz CT molecular complexity index is 463. The van der Waals surface area contributed by atoms with Gasteiger partial charge in [0.1, 0.15) is 0 Å². The lowest BCUT2D eigenvalue weighted by Crippen LogP contribution is -2.32. The van der Waals surface area contributed by atoms with Crippen LogP contribution in [0.15, 0.2) is 29.2 Å². The van der Waals surface area contributed by atoms with E-state index in [2.05, 4.69) is 10.6 Å². The van der Waals surface area contributed by atoms with Gasteiger partial charge in [-0.05, 0) is 23.9 Å². The third kappa shape index (κ3) is 4.28. The second-order valence-electron chi connectivity index (χ2n) is 3.08. The van der Waals surface area contributed by atoms with Gasteiger partial charge in [0.15, 0.2) is 0 Å². The van der Waals surface area contributed by atoms with E-state index in [0.717, 1.165) is 0 Å². The number of carbonyl (C=O) groups excluding carboxylic acids is 2. The van der Waals surface area contributed by atoms with Crippen molar-refractivity contribution in [3.8, 4) is 0 Å². The largest absolute Gasteiger partial charge is 0.446 e. The summed E-state index contributed by atoms with van der Waals surface area (Å²) < 4.78 is 36.8. The average molecular weight is 278 g/mol. The van der Waals surface area contributed by atoms with Crippen LogP contribution >= 0.6 is 11.8 Å². The average Bonchev–Trinajstić information content (AvgIpc) is 2.28. The number of thioether (sulfide) groups is 1. The molecule has 1 aromatic carbocycles. The SMILES string of the molecule is CNC(=O)C(=O)Nc1ccccc1SC(F)(F)F. The Morgan fingerprint density at radius 2 is 1.78 bits per heavy atom. The zero-order valence-corrected chi connectivity index (χ0v) is 9.98. The summed E-state index contributed by atoms with van der Waals surface area (Å²) in [5.41, 5.74) is -4.53. The van der Waals surface area contributed by atoms with E-state index in [-0.39, 0.29) is 22.3 Å². The van der Waals surface area contributed by atoms with E-state index in [1.54, 1.807) is 0 Å². The highest BCUT2D eigenvalue weighted by molar-refractivity contribution is 8.00. The summed E-state index contributed by atoms with van der Waals surface area (Å²) in [6.45, 7) is 0. The number of nitrogens with one attached hydrogen (secondary N) is 2. The number of amides is 2. The fraction of sp³-hybridized carbons (Fsp3) is 0.200. The van der Waals surface area contributed by atoms with Gasteiger partial charge in [-0.3, -0.25) is 9.59 Å². The Morgan fingerprint density at radius 1 is 1.17 bits per heavy atom. The normalized spacial score (nSPS) is 10.9. The molecule has 4 nitrogen and oxygen atoms in total. The van der Waals surface area contributed by atoms with E-state index in [1.165, 1.54) is 31.3 Å². The third-order valence-corrected chi connectivity index (χ3v) is 2.60. The lowest BCUT2D eigenvalue weighted by atomic mass is 10.3. The molecule has 0 fully saturated rings. The minimum Gasteiger partial charge on any atom is -0.351 e. The van der Waals surface area contributed by atoms with Gasteiger partial charge < -0.3 is 10.6 Å². The molecule has 0 aliphatic rings. The molecule has 0 aliphatic carbocycles. The molecular formula is C10H9F3N2O2S. The molecule has 0 unspecified atom stereocenters. The fourth-order valence-electron chi connectivity index (χ4n) is 1.08. The molecule has 0 aliphatic heterocycles. The molecule has 8 heteroatoms. The highest BCUT2D eigenvalue weighted by atomic mass is 32.2. The van der Waals surface area contributed by atoms with Gasteiger partial charge in [0, 0.05) is 11.9 Å². The molecule has 0 atom stereocenters. The van der Waals surface area contributed by atoms with Gasteiger partial charge in [0.25, 0.3) is 0 Å². The van der Waals surface area contributed by atoms with Crippen LogP contribution in [-0.4, -0.2) is 24.4 Å². The lowest BCUT2D eigenvalue weighted by Gasteiger charge is -2.11. The molecule has 0 saturated heterocycles. The summed E-state index contributed by atoms with van der Waals surface area (Å²) in [6.07, 6.45) is 0. The molecular weight excluding hydrogens is 269 g/mol. The van der Waals surface area contributed by atoms with Crippen molar-refractivity contribution in [2.24, 2.45) is 0 Å². The molecule has 1 aromatic rings. The third-order valence-electron chi connectivity index (χ3n) is 1.79. The first-order chi connectivity index (χ1) is 8.33. The Labute approximate surface area is 105 Å². The van der Waals surface area contributed by atoms with Gasteiger partial charge in [-0.2, -0.15) is 13.2 Å². The quantitative estimate of drug-likeness (QED) is 0.642. The number of rotatable bonds is 2. The number of para-hydroxylation sites is 1. The molecule has 1 rings (SSSR count). The van der Waals surface area contributed by atoms with Crippen molar-refractivity contribution in [3.05, 3.63) is 24.3 Å². The lowest BCUT2D eigenvalue weighted by molar-refractivity contribution is -0.135. The Kier molecular flexibility index (Phi) is 4.60. The van der Waals surface area contributed by atoms with E-state index in [0.29, 0.717) is 0 Å². The van der Waals surface area contributed by atoms with E-state index in [9.17, 15) is 22.8 Å². The summed E-state index contributed by atoms with van der Waals surface area (Å²) in [4.78, 5) is 22.0. The van der Waals surface area contributed by atoms with Gasteiger partial charge >= 0.3 is 17.3 Å². The number of anilines is 1. The number of alkyl halides is 3. The van der Waals surface area contributed by atoms with Crippen molar-refractivity contribution in [1.29, 1.82) is 0 Å². The molecule has 0 saturated carbocycles. The van der Waals surface area contributed by atoms with Crippen molar-refractivity contribution in [3.63, 3.8) is 0 Å². The zero-order chi connectivity index (χ0) is 13.8. The van der Waals surface area contributed by atoms with E-state index < -0.39 is 17.3 Å². The van der Waals surface area contributed by atoms with Crippen LogP contribution in [0, 0.1) is 0 Å². The number of likely N-dealkylation sites (N-methyl/N-ethyl adjacent to an activating group) is 1. The van der Waals surface area contributed by atoms with Gasteiger partial charge in [-0.15, -0.1) is 0 Å². The van der Waals surface area contributed by atoms with Crippen LogP contribution in [0.25, 0.3) is 0 Å². The highest BCUT2D eigenvalue weighted by Gasteiger charge is 2.30. The maximum atomic E-state index is 12.3. The van der Waals surface area contributed by atoms with Crippen LogP contribution in [0.3, 0.4) is 0 Å². The van der Waals surface area contributed by atoms with Gasteiger partial charge in [0.2, 0.25) is 0 Å². The second-order valence-corrected chi connectivity index (χ2v) is 4.18. The summed E-state index contributed by atoms with van der Waals surface area (Å²) in [7, 11) is 1.25. The van der Waals surface area contributed by atoms with Crippen molar-refractivity contribution < 1.29 is 22.8 Å². The molecule has 2 amide bonds. The Hall–Kier alpha value is -1.70. The van der Waals surface area contributed by atoms with Crippen LogP contribution in [0.4, 0.5) is 18.9 Å². The van der Waals surface area contributed by atoms with Crippen molar-refractivity contribution in [2.45, 2.75) is 10.4 Å². The molecule has 2 N–H and O–H groups in total. The van der Waals surface area contributed by atoms with Crippen molar-refractivity contribution in [2.75, 3.05) is 12.4 Å². The van der Waals surface area contributed by atoms with Crippen LogP contribution in [0.1, 0.15) is 0 Å². The molecule has 98 valence electrons. The fourth-order valence-corrected chi connectivity index (χ4v) is 1.70. The van der Waals surface area contributed by atoms with Crippen molar-refractivity contribution in [1.82, 2.24) is 5.32 Å². The Balaban J connectivity index is 2.89. The highest BCUT2D eigenvalue weighted by Crippen LogP contribution is 2.40. The molecule has 0 bridgehead atoms. The predicted molar refractivity (Wildman–Crippen MR) is 61.1 cm³/mol. The first kappa shape index (κ1) is 14.4. The number of halogens is 3. The minimum absolute atomic E-state index is 0.0616. The molecule has 0 aromatic heterocycles. The molecule has 18 heavy (non-hydrogen) atoms. The number of hydrogen-bond acceptors (Lipinski definition) is 3. The molecule has 0 radical (unpaired) electrons. The maximum Gasteiger partial charge on any atom is 0.446 e. The summed E-state index contributed by atoms with van der Waals surface area (Å²) in [5, 5.41) is 4.18. The predicted octanol–water partition coefficient (Wildman–Crippen LogP) is 1.98. The summed E-state index contributed by atoms with van der Waals surface area (Å²) >= 11 is -0.358.